The van der Waals surface area contributed by atoms with Gasteiger partial charge in [0.05, 0.1) is 0 Å². The van der Waals surface area contributed by atoms with Crippen molar-refractivity contribution in [2.24, 2.45) is 0 Å². The molecule has 0 aliphatic heterocycles. The quantitative estimate of drug-likeness (QED) is 0.134. The molecule has 0 N–H and O–H groups in total. The Morgan fingerprint density at radius 3 is 0.826 bits per heavy atom. The minimum atomic E-state index is -3.67. The molecule has 19 heteroatoms. The molecule has 0 rings (SSSR count). The van der Waals surface area contributed by atoms with Gasteiger partial charge >= 0.3 is 35.2 Å². The van der Waals surface area contributed by atoms with Gasteiger partial charge in [-0.3, -0.25) is 23.2 Å². The molecular formula is C4H18O9S6Si4. The van der Waals surface area contributed by atoms with Crippen LogP contribution in [0.25, 0.3) is 0 Å². The van der Waals surface area contributed by atoms with Gasteiger partial charge in [0.25, 0.3) is 0 Å². The summed E-state index contributed by atoms with van der Waals surface area (Å²) in [4.78, 5) is 0. The number of thiol groups is 6. The second-order valence-electron chi connectivity index (χ2n) is 4.65. The highest BCUT2D eigenvalue weighted by Crippen LogP contribution is 2.28. The van der Waals surface area contributed by atoms with Crippen LogP contribution in [-0.2, 0) is 35.6 Å². The van der Waals surface area contributed by atoms with Crippen molar-refractivity contribution in [3.05, 3.63) is 0 Å². The first-order valence-corrected chi connectivity index (χ1v) is 16.6. The van der Waals surface area contributed by atoms with Crippen molar-refractivity contribution in [1.29, 1.82) is 0 Å². The fraction of sp³-hybridized carbons (Fsp3) is 1.00. The van der Waals surface area contributed by atoms with E-state index in [1.807, 2.05) is 0 Å². The molecular weight excluding hydrogens is 497 g/mol. The molecule has 0 atom stereocenters. The summed E-state index contributed by atoms with van der Waals surface area (Å²) in [7, 11) is -13.2. The van der Waals surface area contributed by atoms with E-state index in [0.29, 0.717) is 0 Å². The first-order valence-electron chi connectivity index (χ1n) is 5.54. The normalized spacial score (nSPS) is 14.3. The minimum absolute atomic E-state index is 1.70. The molecule has 0 bridgehead atoms. The number of hydrogen-bond acceptors (Lipinski definition) is 15. The standard InChI is InChI=1S/C4H18O9S6Si4/c1-20(2,12-22(5-14,6-15)7-16)11-21(3,4)13-23(8-17,9-18)10-19/h14-19H,1-4H3. The lowest BCUT2D eigenvalue weighted by atomic mass is 11.9. The zero-order chi connectivity index (χ0) is 18.4. The summed E-state index contributed by atoms with van der Waals surface area (Å²) in [5.74, 6) is 0. The predicted octanol–water partition coefficient (Wildman–Crippen LogP) is 2.48. The third-order valence-electron chi connectivity index (χ3n) is 1.90. The molecule has 0 aromatic carbocycles. The zero-order valence-electron chi connectivity index (χ0n) is 12.4. The van der Waals surface area contributed by atoms with Crippen molar-refractivity contribution in [1.82, 2.24) is 0 Å². The first-order chi connectivity index (χ1) is 10.5. The molecule has 0 amide bonds. The molecule has 0 spiro atoms. The Bertz CT molecular complexity index is 308. The molecule has 23 heavy (non-hydrogen) atoms. The van der Waals surface area contributed by atoms with Crippen LogP contribution in [0.3, 0.4) is 0 Å². The Morgan fingerprint density at radius 2 is 0.652 bits per heavy atom. The first kappa shape index (κ1) is 25.6. The van der Waals surface area contributed by atoms with Crippen LogP contribution < -0.4 is 0 Å². The minimum Gasteiger partial charge on any atom is -0.416 e. The Hall–Kier alpha value is 2.61. The summed E-state index contributed by atoms with van der Waals surface area (Å²) in [6, 6.07) is 0. The van der Waals surface area contributed by atoms with Crippen molar-refractivity contribution in [3.8, 4) is 0 Å². The van der Waals surface area contributed by atoms with Crippen LogP contribution >= 0.6 is 77.5 Å². The van der Waals surface area contributed by atoms with Gasteiger partial charge in [0.15, 0.2) is 0 Å². The second kappa shape index (κ2) is 10.8. The highest BCUT2D eigenvalue weighted by Gasteiger charge is 2.56. The van der Waals surface area contributed by atoms with Gasteiger partial charge < -0.3 is 12.3 Å². The monoisotopic (exact) mass is 514 g/mol. The fourth-order valence-corrected chi connectivity index (χ4v) is 17.6. The summed E-state index contributed by atoms with van der Waals surface area (Å²) < 4.78 is 46.1. The fourth-order valence-electron chi connectivity index (χ4n) is 1.45. The van der Waals surface area contributed by atoms with Gasteiger partial charge in [-0.2, -0.15) is 0 Å². The highest BCUT2D eigenvalue weighted by atomic mass is 32.1. The summed E-state index contributed by atoms with van der Waals surface area (Å²) in [5.41, 5.74) is 0. The number of rotatable bonds is 12. The predicted molar refractivity (Wildman–Crippen MR) is 110 cm³/mol. The third kappa shape index (κ3) is 8.44. The Balaban J connectivity index is 5.12. The van der Waals surface area contributed by atoms with Crippen molar-refractivity contribution in [2.75, 3.05) is 0 Å². The molecule has 0 saturated heterocycles. The molecule has 140 valence electrons. The van der Waals surface area contributed by atoms with Crippen LogP contribution in [0.5, 0.6) is 0 Å². The molecule has 0 aromatic rings. The van der Waals surface area contributed by atoms with E-state index in [9.17, 15) is 0 Å². The zero-order valence-corrected chi connectivity index (χ0v) is 21.7. The summed E-state index contributed by atoms with van der Waals surface area (Å²) in [5, 5.41) is 0. The SMILES string of the molecule is C[Si](C)(O[Si](C)(C)O[Si](OS)(OS)OS)O[Si](OS)(OS)OS. The van der Waals surface area contributed by atoms with Crippen LogP contribution in [-0.4, -0.2) is 35.2 Å². The highest BCUT2D eigenvalue weighted by molar-refractivity contribution is 7.80. The average molecular weight is 515 g/mol. The molecule has 0 aliphatic rings. The maximum Gasteiger partial charge on any atom is 0.704 e. The van der Waals surface area contributed by atoms with Crippen molar-refractivity contribution < 1.29 is 35.6 Å². The topological polar surface area (TPSA) is 83.1 Å². The summed E-state index contributed by atoms with van der Waals surface area (Å²) >= 11 is 21.9. The van der Waals surface area contributed by atoms with Crippen LogP contribution in [0, 0.1) is 0 Å². The van der Waals surface area contributed by atoms with E-state index in [2.05, 4.69) is 77.5 Å². The van der Waals surface area contributed by atoms with Gasteiger partial charge in [0.1, 0.15) is 0 Å². The Labute approximate surface area is 173 Å². The van der Waals surface area contributed by atoms with E-state index >= 15 is 0 Å². The lowest BCUT2D eigenvalue weighted by Gasteiger charge is -2.37. The average Bonchev–Trinajstić information content (AvgIpc) is 2.49. The van der Waals surface area contributed by atoms with Crippen LogP contribution in [0.15, 0.2) is 0 Å². The lowest BCUT2D eigenvalue weighted by molar-refractivity contribution is 0.162. The Morgan fingerprint density at radius 1 is 0.435 bits per heavy atom. The third-order valence-corrected chi connectivity index (χ3v) is 17.1. The molecule has 0 unspecified atom stereocenters. The van der Waals surface area contributed by atoms with Crippen molar-refractivity contribution >= 4 is 113 Å². The maximum atomic E-state index is 5.97. The molecule has 0 aliphatic carbocycles. The molecule has 0 aromatic heterocycles. The molecule has 0 heterocycles. The van der Waals surface area contributed by atoms with E-state index in [1.54, 1.807) is 26.2 Å². The maximum absolute atomic E-state index is 5.97. The van der Waals surface area contributed by atoms with Gasteiger partial charge in [-0.25, -0.2) is 0 Å². The molecule has 0 fully saturated rings. The van der Waals surface area contributed by atoms with E-state index in [-0.39, 0.29) is 0 Å². The van der Waals surface area contributed by atoms with E-state index in [4.69, 9.17) is 35.6 Å². The van der Waals surface area contributed by atoms with Crippen LogP contribution in [0.2, 0.25) is 26.2 Å². The number of hydrogen-bond donors (Lipinski definition) is 6. The second-order valence-corrected chi connectivity index (χ2v) is 19.1. The van der Waals surface area contributed by atoms with Gasteiger partial charge in [0, 0.05) is 0 Å². The van der Waals surface area contributed by atoms with E-state index in [1.165, 1.54) is 0 Å². The summed E-state index contributed by atoms with van der Waals surface area (Å²) in [6.07, 6.45) is 0. The Kier molecular flexibility index (Phi) is 12.0. The van der Waals surface area contributed by atoms with Gasteiger partial charge in [-0.1, -0.05) is 0 Å². The largest absolute Gasteiger partial charge is 0.704 e. The smallest absolute Gasteiger partial charge is 0.416 e. The van der Waals surface area contributed by atoms with Crippen molar-refractivity contribution in [2.45, 2.75) is 26.2 Å². The van der Waals surface area contributed by atoms with E-state index in [0.717, 1.165) is 0 Å². The summed E-state index contributed by atoms with van der Waals surface area (Å²) in [6.45, 7) is 6.81. The molecule has 0 radical (unpaired) electrons. The van der Waals surface area contributed by atoms with Gasteiger partial charge in [-0.05, 0) is 104 Å². The van der Waals surface area contributed by atoms with Crippen LogP contribution in [0.1, 0.15) is 0 Å². The van der Waals surface area contributed by atoms with Crippen LogP contribution in [0.4, 0.5) is 0 Å². The van der Waals surface area contributed by atoms with Gasteiger partial charge in [0.2, 0.25) is 0 Å². The molecule has 0 saturated carbocycles. The van der Waals surface area contributed by atoms with Gasteiger partial charge in [-0.15, -0.1) is 0 Å². The van der Waals surface area contributed by atoms with E-state index < -0.39 is 35.2 Å². The van der Waals surface area contributed by atoms with Crippen molar-refractivity contribution in [3.63, 3.8) is 0 Å². The lowest BCUT2D eigenvalue weighted by Crippen LogP contribution is -2.60. The molecule has 9 nitrogen and oxygen atoms in total.